The first-order chi connectivity index (χ1) is 19.7. The van der Waals surface area contributed by atoms with Crippen LogP contribution in [-0.4, -0.2) is 25.9 Å². The van der Waals surface area contributed by atoms with Crippen LogP contribution in [-0.2, 0) is 15.0 Å². The molecule has 3 aromatic carbocycles. The molecule has 1 N–H and O–H groups in total. The summed E-state index contributed by atoms with van der Waals surface area (Å²) in [6, 6.07) is 21.7. The fourth-order valence-electron chi connectivity index (χ4n) is 6.19. The molecule has 2 aliphatic carbocycles. The van der Waals surface area contributed by atoms with Crippen molar-refractivity contribution in [3.05, 3.63) is 94.7 Å². The van der Waals surface area contributed by atoms with E-state index in [1.807, 2.05) is 47.4 Å². The van der Waals surface area contributed by atoms with Crippen LogP contribution in [0.1, 0.15) is 75.1 Å². The summed E-state index contributed by atoms with van der Waals surface area (Å²) in [5.74, 6) is 1.31. The summed E-state index contributed by atoms with van der Waals surface area (Å²) in [4.78, 5) is 30.2. The van der Waals surface area contributed by atoms with E-state index in [-0.39, 0.29) is 28.9 Å². The number of Topliss-reactive ketones (excluding diaryl/α,β-unsaturated/α-hetero) is 1. The van der Waals surface area contributed by atoms with Crippen LogP contribution in [0.3, 0.4) is 0 Å². The lowest BCUT2D eigenvalue weighted by Crippen LogP contribution is -2.39. The fourth-order valence-corrected chi connectivity index (χ4v) is 6.19. The summed E-state index contributed by atoms with van der Waals surface area (Å²) < 4.78 is 11.2. The van der Waals surface area contributed by atoms with Crippen molar-refractivity contribution in [2.45, 2.75) is 63.8 Å². The Hall–Kier alpha value is -4.06. The van der Waals surface area contributed by atoms with E-state index in [1.54, 1.807) is 14.2 Å². The maximum atomic E-state index is 14.3. The molecule has 0 spiro atoms. The van der Waals surface area contributed by atoms with Crippen molar-refractivity contribution in [1.29, 1.82) is 0 Å². The molecule has 0 aromatic heterocycles. The van der Waals surface area contributed by atoms with Crippen LogP contribution < -0.4 is 19.7 Å². The zero-order valence-corrected chi connectivity index (χ0v) is 24.5. The second-order valence-electron chi connectivity index (χ2n) is 12.4. The van der Waals surface area contributed by atoms with E-state index < -0.39 is 6.04 Å². The number of rotatable bonds is 5. The second-order valence-corrected chi connectivity index (χ2v) is 12.4. The standard InChI is InChI=1S/C35H38N2O4/c1-35(2,3)25-15-12-21(13-16-25)24-18-27-32(29(38)19-24)33(23-14-17-30(40-4)31(20-23)41-5)37(34(39)22-10-11-22)28-9-7-6-8-26(28)36-27/h6-9,12-17,20,22,24,33,36H,10-11,18-19H2,1-5H3/t24-,33+/m0/s1. The molecular weight excluding hydrogens is 512 g/mol. The number of fused-ring (bicyclic) bond motifs is 1. The Morgan fingerprint density at radius 3 is 2.22 bits per heavy atom. The van der Waals surface area contributed by atoms with E-state index in [0.29, 0.717) is 29.9 Å². The lowest BCUT2D eigenvalue weighted by molar-refractivity contribution is -0.120. The lowest BCUT2D eigenvalue weighted by atomic mass is 9.77. The van der Waals surface area contributed by atoms with Gasteiger partial charge in [-0.2, -0.15) is 0 Å². The zero-order valence-electron chi connectivity index (χ0n) is 24.5. The summed E-state index contributed by atoms with van der Waals surface area (Å²) in [6.45, 7) is 6.62. The number of carbonyl (C=O) groups is 2. The molecule has 1 heterocycles. The minimum Gasteiger partial charge on any atom is -0.493 e. The highest BCUT2D eigenvalue weighted by Gasteiger charge is 2.45. The number of nitrogens with zero attached hydrogens (tertiary/aromatic N) is 1. The molecule has 0 unspecified atom stereocenters. The number of amides is 1. The number of hydrogen-bond donors (Lipinski definition) is 1. The highest BCUT2D eigenvalue weighted by molar-refractivity contribution is 6.07. The number of para-hydroxylation sites is 2. The van der Waals surface area contributed by atoms with E-state index in [2.05, 4.69) is 50.4 Å². The predicted octanol–water partition coefficient (Wildman–Crippen LogP) is 7.31. The van der Waals surface area contributed by atoms with Gasteiger partial charge in [0, 0.05) is 23.6 Å². The van der Waals surface area contributed by atoms with Gasteiger partial charge in [-0.3, -0.25) is 14.5 Å². The van der Waals surface area contributed by atoms with Crippen LogP contribution in [0.5, 0.6) is 11.5 Å². The van der Waals surface area contributed by atoms with Gasteiger partial charge in [-0.25, -0.2) is 0 Å². The molecule has 1 saturated carbocycles. The van der Waals surface area contributed by atoms with Crippen molar-refractivity contribution >= 4 is 23.1 Å². The molecule has 2 atom stereocenters. The maximum absolute atomic E-state index is 14.3. The third-order valence-corrected chi connectivity index (χ3v) is 8.62. The monoisotopic (exact) mass is 550 g/mol. The van der Waals surface area contributed by atoms with E-state index in [4.69, 9.17) is 9.47 Å². The third-order valence-electron chi connectivity index (χ3n) is 8.62. The molecule has 212 valence electrons. The molecule has 1 fully saturated rings. The Labute approximate surface area is 242 Å². The van der Waals surface area contributed by atoms with Crippen molar-refractivity contribution in [3.8, 4) is 11.5 Å². The first kappa shape index (κ1) is 27.1. The second kappa shape index (κ2) is 10.4. The topological polar surface area (TPSA) is 67.9 Å². The van der Waals surface area contributed by atoms with Crippen LogP contribution >= 0.6 is 0 Å². The minimum atomic E-state index is -0.578. The Morgan fingerprint density at radius 2 is 1.56 bits per heavy atom. The number of ether oxygens (including phenoxy) is 2. The van der Waals surface area contributed by atoms with Gasteiger partial charge in [0.25, 0.3) is 0 Å². The largest absolute Gasteiger partial charge is 0.493 e. The quantitative estimate of drug-likeness (QED) is 0.361. The number of ketones is 1. The first-order valence-electron chi connectivity index (χ1n) is 14.5. The molecule has 1 amide bonds. The smallest absolute Gasteiger partial charge is 0.231 e. The average Bonchev–Trinajstić information content (AvgIpc) is 3.82. The Bertz CT molecular complexity index is 1530. The molecular formula is C35H38N2O4. The van der Waals surface area contributed by atoms with Gasteiger partial charge in [0.2, 0.25) is 5.91 Å². The van der Waals surface area contributed by atoms with Crippen LogP contribution in [0.15, 0.2) is 78.0 Å². The van der Waals surface area contributed by atoms with E-state index in [0.717, 1.165) is 41.0 Å². The highest BCUT2D eigenvalue weighted by Crippen LogP contribution is 2.50. The molecule has 6 nitrogen and oxygen atoms in total. The SMILES string of the molecule is COc1ccc([C@@H]2C3=C(C[C@H](c4ccc(C(C)(C)C)cc4)CC3=O)Nc3ccccc3N2C(=O)C2CC2)cc1OC. The molecule has 0 saturated heterocycles. The number of carbonyl (C=O) groups excluding carboxylic acids is 2. The fraction of sp³-hybridized carbons (Fsp3) is 0.371. The molecule has 3 aromatic rings. The Morgan fingerprint density at radius 1 is 0.878 bits per heavy atom. The highest BCUT2D eigenvalue weighted by atomic mass is 16.5. The number of hydrogen-bond acceptors (Lipinski definition) is 5. The minimum absolute atomic E-state index is 0.0272. The van der Waals surface area contributed by atoms with Crippen LogP contribution in [0.2, 0.25) is 0 Å². The molecule has 0 bridgehead atoms. The summed E-state index contributed by atoms with van der Waals surface area (Å²) in [7, 11) is 3.20. The predicted molar refractivity (Wildman–Crippen MR) is 162 cm³/mol. The lowest BCUT2D eigenvalue weighted by Gasteiger charge is -2.35. The number of benzene rings is 3. The first-order valence-corrected chi connectivity index (χ1v) is 14.5. The summed E-state index contributed by atoms with van der Waals surface area (Å²) >= 11 is 0. The summed E-state index contributed by atoms with van der Waals surface area (Å²) in [5, 5.41) is 3.63. The Kier molecular flexibility index (Phi) is 6.88. The maximum Gasteiger partial charge on any atom is 0.231 e. The van der Waals surface area contributed by atoms with Crippen LogP contribution in [0.25, 0.3) is 0 Å². The number of nitrogens with one attached hydrogen (secondary N) is 1. The summed E-state index contributed by atoms with van der Waals surface area (Å²) in [6.07, 6.45) is 2.81. The molecule has 1 aliphatic heterocycles. The van der Waals surface area contributed by atoms with Crippen molar-refractivity contribution in [3.63, 3.8) is 0 Å². The molecule has 6 rings (SSSR count). The van der Waals surface area contributed by atoms with Crippen LogP contribution in [0.4, 0.5) is 11.4 Å². The van der Waals surface area contributed by atoms with Gasteiger partial charge in [-0.05, 0) is 71.6 Å². The normalized spacial score (nSPS) is 20.5. The molecule has 0 radical (unpaired) electrons. The zero-order chi connectivity index (χ0) is 28.9. The number of anilines is 2. The van der Waals surface area contributed by atoms with E-state index >= 15 is 0 Å². The van der Waals surface area contributed by atoms with Crippen molar-refractivity contribution in [1.82, 2.24) is 0 Å². The van der Waals surface area contributed by atoms with Gasteiger partial charge in [0.1, 0.15) is 0 Å². The van der Waals surface area contributed by atoms with Gasteiger partial charge in [-0.1, -0.05) is 63.2 Å². The van der Waals surface area contributed by atoms with Gasteiger partial charge in [0.15, 0.2) is 17.3 Å². The van der Waals surface area contributed by atoms with Gasteiger partial charge in [0.05, 0.1) is 31.6 Å². The van der Waals surface area contributed by atoms with Gasteiger partial charge >= 0.3 is 0 Å². The number of allylic oxidation sites excluding steroid dienone is 1. The molecule has 3 aliphatic rings. The van der Waals surface area contributed by atoms with Crippen LogP contribution in [0, 0.1) is 5.92 Å². The molecule has 41 heavy (non-hydrogen) atoms. The summed E-state index contributed by atoms with van der Waals surface area (Å²) in [5.41, 5.74) is 6.48. The third kappa shape index (κ3) is 5.01. The average molecular weight is 551 g/mol. The van der Waals surface area contributed by atoms with Gasteiger partial charge < -0.3 is 14.8 Å². The molecule has 6 heteroatoms. The van der Waals surface area contributed by atoms with E-state index in [9.17, 15) is 9.59 Å². The van der Waals surface area contributed by atoms with Crippen molar-refractivity contribution in [2.24, 2.45) is 5.92 Å². The van der Waals surface area contributed by atoms with Crippen molar-refractivity contribution in [2.75, 3.05) is 24.4 Å². The van der Waals surface area contributed by atoms with Crippen molar-refractivity contribution < 1.29 is 19.1 Å². The Balaban J connectivity index is 1.50. The number of methoxy groups -OCH3 is 2. The van der Waals surface area contributed by atoms with Gasteiger partial charge in [-0.15, -0.1) is 0 Å². The van der Waals surface area contributed by atoms with E-state index in [1.165, 1.54) is 5.56 Å².